The van der Waals surface area contributed by atoms with Crippen LogP contribution in [0.4, 0.5) is 0 Å². The van der Waals surface area contributed by atoms with Gasteiger partial charge in [0.1, 0.15) is 0 Å². The van der Waals surface area contributed by atoms with E-state index in [1.54, 1.807) is 0 Å². The second-order valence-corrected chi connectivity index (χ2v) is 11.6. The van der Waals surface area contributed by atoms with Crippen LogP contribution in [0, 0.1) is 0 Å². The summed E-state index contributed by atoms with van der Waals surface area (Å²) < 4.78 is 0. The lowest BCUT2D eigenvalue weighted by molar-refractivity contribution is 0.0839. The molecule has 0 amide bonds. The van der Waals surface area contributed by atoms with E-state index in [1.807, 2.05) is 26.0 Å². The van der Waals surface area contributed by atoms with Crippen molar-refractivity contribution in [2.75, 3.05) is 0 Å². The van der Waals surface area contributed by atoms with E-state index in [4.69, 9.17) is 0 Å². The van der Waals surface area contributed by atoms with Crippen LogP contribution in [0.5, 0.6) is 0 Å². The van der Waals surface area contributed by atoms with Gasteiger partial charge in [0.25, 0.3) is 0 Å². The van der Waals surface area contributed by atoms with E-state index in [9.17, 15) is 5.11 Å². The number of rotatable bonds is 16. The van der Waals surface area contributed by atoms with Gasteiger partial charge in [-0.05, 0) is 88.5 Å². The van der Waals surface area contributed by atoms with Crippen molar-refractivity contribution in [3.8, 4) is 0 Å². The fraction of sp³-hybridized carbons (Fsp3) is 0.350. The number of allylic oxidation sites excluding steroid dienone is 25. The van der Waals surface area contributed by atoms with Crippen LogP contribution in [-0.2, 0) is 0 Å². The molecule has 1 N–H and O–H groups in total. The van der Waals surface area contributed by atoms with Crippen LogP contribution in [-0.4, -0.2) is 10.7 Å². The summed E-state index contributed by atoms with van der Waals surface area (Å²) in [6.07, 6.45) is 43.0. The highest BCUT2D eigenvalue weighted by Gasteiger charge is 2.08. The van der Waals surface area contributed by atoms with Gasteiger partial charge in [-0.15, -0.1) is 0 Å². The zero-order chi connectivity index (χ0) is 31.1. The van der Waals surface area contributed by atoms with Crippen LogP contribution >= 0.6 is 0 Å². The van der Waals surface area contributed by atoms with E-state index >= 15 is 0 Å². The van der Waals surface area contributed by atoms with Gasteiger partial charge < -0.3 is 5.11 Å². The second kappa shape index (κ2) is 22.3. The summed E-state index contributed by atoms with van der Waals surface area (Å²) >= 11 is 0. The molecule has 0 heterocycles. The van der Waals surface area contributed by atoms with E-state index in [1.165, 1.54) is 33.4 Å². The number of aliphatic hydroxyl groups is 1. The van der Waals surface area contributed by atoms with Gasteiger partial charge in [0.05, 0.1) is 5.60 Å². The summed E-state index contributed by atoms with van der Waals surface area (Å²) in [4.78, 5) is 0. The summed E-state index contributed by atoms with van der Waals surface area (Å²) in [7, 11) is 0. The van der Waals surface area contributed by atoms with Crippen LogP contribution in [0.15, 0.2) is 154 Å². The van der Waals surface area contributed by atoms with Gasteiger partial charge in [-0.1, -0.05) is 154 Å². The highest BCUT2D eigenvalue weighted by molar-refractivity contribution is 5.33. The molecule has 1 heteroatoms. The average Bonchev–Trinajstić information content (AvgIpc) is 2.85. The van der Waals surface area contributed by atoms with Crippen molar-refractivity contribution in [1.29, 1.82) is 0 Å². The Kier molecular flexibility index (Phi) is 20.4. The predicted molar refractivity (Wildman–Crippen MR) is 187 cm³/mol. The van der Waals surface area contributed by atoms with Crippen molar-refractivity contribution in [2.45, 2.75) is 94.1 Å². The van der Waals surface area contributed by atoms with Gasteiger partial charge in [0, 0.05) is 0 Å². The lowest BCUT2D eigenvalue weighted by Crippen LogP contribution is -2.16. The molecule has 0 bridgehead atoms. The molecule has 222 valence electrons. The van der Waals surface area contributed by atoms with Gasteiger partial charge in [0.2, 0.25) is 0 Å². The van der Waals surface area contributed by atoms with Crippen molar-refractivity contribution in [3.05, 3.63) is 154 Å². The zero-order valence-corrected chi connectivity index (χ0v) is 27.5. The van der Waals surface area contributed by atoms with Crippen LogP contribution in [0.1, 0.15) is 88.5 Å². The molecule has 0 radical (unpaired) electrons. The van der Waals surface area contributed by atoms with Gasteiger partial charge >= 0.3 is 0 Å². The molecule has 0 rings (SSSR count). The minimum Gasteiger partial charge on any atom is -0.390 e. The summed E-state index contributed by atoms with van der Waals surface area (Å²) in [5.74, 6) is 0. The first-order valence-electron chi connectivity index (χ1n) is 14.7. The molecule has 0 spiro atoms. The van der Waals surface area contributed by atoms with E-state index < -0.39 is 5.60 Å². The maximum atomic E-state index is 9.76. The van der Waals surface area contributed by atoms with Gasteiger partial charge in [-0.2, -0.15) is 0 Å². The van der Waals surface area contributed by atoms with Gasteiger partial charge in [-0.3, -0.25) is 0 Å². The first-order valence-corrected chi connectivity index (χ1v) is 14.7. The highest BCUT2D eigenvalue weighted by atomic mass is 16.3. The smallest absolute Gasteiger partial charge is 0.0626 e. The molecule has 0 aliphatic heterocycles. The first kappa shape index (κ1) is 37.6. The van der Waals surface area contributed by atoms with Crippen LogP contribution < -0.4 is 0 Å². The Morgan fingerprint density at radius 3 is 1.27 bits per heavy atom. The summed E-state index contributed by atoms with van der Waals surface area (Å²) in [6, 6.07) is 0. The SMILES string of the molecule is CC(C)=CCCC(C)=CC=CC(C)=CC=CC(C)=CC=CC=C(C)C=CC=C(C)C=CC=C(C)C=CCC(C)(C)O. The average molecular weight is 553 g/mol. The molecular formula is C40H56O. The maximum absolute atomic E-state index is 9.76. The molecule has 0 saturated carbocycles. The fourth-order valence-electron chi connectivity index (χ4n) is 3.32. The van der Waals surface area contributed by atoms with E-state index in [-0.39, 0.29) is 0 Å². The number of hydrogen-bond donors (Lipinski definition) is 1. The van der Waals surface area contributed by atoms with E-state index in [0.717, 1.165) is 18.4 Å². The second-order valence-electron chi connectivity index (χ2n) is 11.6. The molecule has 0 saturated heterocycles. The van der Waals surface area contributed by atoms with Crippen molar-refractivity contribution >= 4 is 0 Å². The monoisotopic (exact) mass is 552 g/mol. The predicted octanol–water partition coefficient (Wildman–Crippen LogP) is 11.9. The van der Waals surface area contributed by atoms with E-state index in [2.05, 4.69) is 159 Å². The minimum atomic E-state index is -0.662. The molecule has 0 unspecified atom stereocenters. The third-order valence-corrected chi connectivity index (χ3v) is 5.81. The summed E-state index contributed by atoms with van der Waals surface area (Å²) in [5.41, 5.74) is 8.08. The molecule has 0 aromatic carbocycles. The van der Waals surface area contributed by atoms with Gasteiger partial charge in [-0.25, -0.2) is 0 Å². The molecule has 0 atom stereocenters. The Morgan fingerprint density at radius 2 is 0.878 bits per heavy atom. The molecule has 0 fully saturated rings. The first-order chi connectivity index (χ1) is 19.3. The molecule has 0 aromatic heterocycles. The largest absolute Gasteiger partial charge is 0.390 e. The molecule has 1 nitrogen and oxygen atoms in total. The molecule has 0 aliphatic carbocycles. The van der Waals surface area contributed by atoms with Crippen molar-refractivity contribution in [1.82, 2.24) is 0 Å². The topological polar surface area (TPSA) is 20.2 Å². The molecule has 0 aliphatic rings. The van der Waals surface area contributed by atoms with Crippen LogP contribution in [0.2, 0.25) is 0 Å². The Hall–Kier alpha value is -3.42. The van der Waals surface area contributed by atoms with Crippen molar-refractivity contribution in [3.63, 3.8) is 0 Å². The Bertz CT molecular complexity index is 1180. The fourth-order valence-corrected chi connectivity index (χ4v) is 3.32. The normalized spacial score (nSPS) is 15.8. The number of hydrogen-bond acceptors (Lipinski definition) is 1. The van der Waals surface area contributed by atoms with Crippen molar-refractivity contribution < 1.29 is 5.11 Å². The Balaban J connectivity index is 4.74. The summed E-state index contributed by atoms with van der Waals surface area (Å²) in [5, 5.41) is 9.76. The Labute approximate surface area is 253 Å². The highest BCUT2D eigenvalue weighted by Crippen LogP contribution is 2.10. The van der Waals surface area contributed by atoms with Crippen LogP contribution in [0.3, 0.4) is 0 Å². The third-order valence-electron chi connectivity index (χ3n) is 5.81. The standard InChI is InChI=1S/C40H56O/c1-33(2)19-13-22-36(5)25-16-28-37(6)26-14-23-34(3)20-11-12-21-35(4)24-15-27-38(7)29-17-30-39(8)31-18-32-40(9,10)41/h11-12,14-21,23-31,41H,13,22,32H2,1-10H3. The molecule has 0 aromatic rings. The lowest BCUT2D eigenvalue weighted by atomic mass is 10.0. The lowest BCUT2D eigenvalue weighted by Gasteiger charge is -2.13. The summed E-state index contributed by atoms with van der Waals surface area (Å²) in [6.45, 7) is 20.6. The Morgan fingerprint density at radius 1 is 0.512 bits per heavy atom. The van der Waals surface area contributed by atoms with Gasteiger partial charge in [0.15, 0.2) is 0 Å². The minimum absolute atomic E-state index is 0.645. The maximum Gasteiger partial charge on any atom is 0.0626 e. The van der Waals surface area contributed by atoms with E-state index in [0.29, 0.717) is 6.42 Å². The van der Waals surface area contributed by atoms with Crippen LogP contribution in [0.25, 0.3) is 0 Å². The molecular weight excluding hydrogens is 496 g/mol. The molecule has 41 heavy (non-hydrogen) atoms. The zero-order valence-electron chi connectivity index (χ0n) is 27.5. The quantitative estimate of drug-likeness (QED) is 0.149. The third kappa shape index (κ3) is 26.6. The van der Waals surface area contributed by atoms with Crippen molar-refractivity contribution in [2.24, 2.45) is 0 Å².